The largest absolute Gasteiger partial charge is 0.478 e. The second-order valence-electron chi connectivity index (χ2n) is 5.10. The molecule has 0 aliphatic heterocycles. The van der Waals surface area contributed by atoms with E-state index in [4.69, 9.17) is 5.11 Å². The van der Waals surface area contributed by atoms with Gasteiger partial charge in [0.2, 0.25) is 0 Å². The molecule has 6 nitrogen and oxygen atoms in total. The molecule has 0 unspecified atom stereocenters. The molecular weight excluding hydrogens is 299 g/mol. The van der Waals surface area contributed by atoms with Crippen molar-refractivity contribution < 1.29 is 14.3 Å². The van der Waals surface area contributed by atoms with E-state index in [2.05, 4.69) is 15.2 Å². The summed E-state index contributed by atoms with van der Waals surface area (Å²) in [6, 6.07) is 7.49. The first-order valence-corrected chi connectivity index (χ1v) is 6.85. The number of rotatable bonds is 3. The number of aromatic nitrogens is 2. The molecule has 0 aliphatic carbocycles. The molecule has 1 N–H and O–H groups in total. The lowest BCUT2D eigenvalue weighted by Crippen LogP contribution is -1.95. The van der Waals surface area contributed by atoms with Crippen LogP contribution in [0, 0.1) is 19.7 Å². The van der Waals surface area contributed by atoms with Crippen LogP contribution in [0.2, 0.25) is 0 Å². The summed E-state index contributed by atoms with van der Waals surface area (Å²) in [5.41, 5.74) is 2.53. The highest BCUT2D eigenvalue weighted by molar-refractivity contribution is 5.88. The van der Waals surface area contributed by atoms with E-state index in [1.165, 1.54) is 28.8 Å². The van der Waals surface area contributed by atoms with E-state index in [1.807, 2.05) is 0 Å². The van der Waals surface area contributed by atoms with Crippen molar-refractivity contribution in [3.8, 4) is 0 Å². The number of fused-ring (bicyclic) bond motifs is 1. The fourth-order valence-corrected chi connectivity index (χ4v) is 2.20. The number of pyridine rings is 1. The highest BCUT2D eigenvalue weighted by Crippen LogP contribution is 2.26. The van der Waals surface area contributed by atoms with Crippen LogP contribution in [0.4, 0.5) is 15.9 Å². The van der Waals surface area contributed by atoms with Crippen LogP contribution in [0.3, 0.4) is 0 Å². The Morgan fingerprint density at radius 1 is 1.22 bits per heavy atom. The lowest BCUT2D eigenvalue weighted by molar-refractivity contribution is 0.0697. The average molecular weight is 312 g/mol. The standard InChI is InChI=1S/C16H13FN4O2/c1-9-3-4-11(16(22)23)7-13(9)19-20-15-10(2)18-14-6-5-12(17)8-21(14)15/h3-8H,1-2H3,(H,22,23). The first-order chi connectivity index (χ1) is 11.0. The molecule has 0 radical (unpaired) electrons. The number of imidazole rings is 1. The van der Waals surface area contributed by atoms with Crippen LogP contribution in [-0.4, -0.2) is 20.5 Å². The predicted octanol–water partition coefficient (Wildman–Crippen LogP) is 4.20. The third-order valence-electron chi connectivity index (χ3n) is 3.43. The lowest BCUT2D eigenvalue weighted by atomic mass is 10.1. The van der Waals surface area contributed by atoms with Gasteiger partial charge >= 0.3 is 5.97 Å². The summed E-state index contributed by atoms with van der Waals surface area (Å²) >= 11 is 0. The topological polar surface area (TPSA) is 79.3 Å². The number of halogens is 1. The molecular formula is C16H13FN4O2. The van der Waals surface area contributed by atoms with Crippen molar-refractivity contribution in [2.75, 3.05) is 0 Å². The number of carbonyl (C=O) groups is 1. The Kier molecular flexibility index (Phi) is 3.61. The summed E-state index contributed by atoms with van der Waals surface area (Å²) in [5, 5.41) is 17.3. The average Bonchev–Trinajstić information content (AvgIpc) is 2.81. The molecule has 3 aromatic rings. The van der Waals surface area contributed by atoms with Gasteiger partial charge in [-0.3, -0.25) is 4.40 Å². The number of carboxylic acid groups (broad SMARTS) is 1. The molecule has 0 bridgehead atoms. The zero-order valence-corrected chi connectivity index (χ0v) is 12.5. The van der Waals surface area contributed by atoms with E-state index in [-0.39, 0.29) is 5.56 Å². The van der Waals surface area contributed by atoms with Gasteiger partial charge in [0.1, 0.15) is 11.5 Å². The van der Waals surface area contributed by atoms with Crippen molar-refractivity contribution in [1.82, 2.24) is 9.38 Å². The highest BCUT2D eigenvalue weighted by Gasteiger charge is 2.10. The minimum Gasteiger partial charge on any atom is -0.478 e. The number of hydrogen-bond acceptors (Lipinski definition) is 4. The minimum absolute atomic E-state index is 0.130. The first-order valence-electron chi connectivity index (χ1n) is 6.85. The third kappa shape index (κ3) is 2.80. The van der Waals surface area contributed by atoms with Gasteiger partial charge in [0.15, 0.2) is 5.82 Å². The molecule has 0 atom stereocenters. The van der Waals surface area contributed by atoms with Gasteiger partial charge in [0.25, 0.3) is 0 Å². The van der Waals surface area contributed by atoms with Gasteiger partial charge in [-0.05, 0) is 43.7 Å². The minimum atomic E-state index is -1.03. The zero-order chi connectivity index (χ0) is 16.6. The Balaban J connectivity index is 2.07. The number of aryl methyl sites for hydroxylation is 2. The number of azo groups is 1. The van der Waals surface area contributed by atoms with Gasteiger partial charge in [0.05, 0.1) is 16.9 Å². The smallest absolute Gasteiger partial charge is 0.335 e. The molecule has 0 aliphatic rings. The first kappa shape index (κ1) is 14.8. The normalized spacial score (nSPS) is 11.4. The molecule has 7 heteroatoms. The monoisotopic (exact) mass is 312 g/mol. The molecule has 116 valence electrons. The van der Waals surface area contributed by atoms with Gasteiger partial charge in [-0.15, -0.1) is 10.2 Å². The van der Waals surface area contributed by atoms with Crippen molar-refractivity contribution in [1.29, 1.82) is 0 Å². The molecule has 1 aromatic carbocycles. The highest BCUT2D eigenvalue weighted by atomic mass is 19.1. The molecule has 0 amide bonds. The Labute approximate surface area is 130 Å². The summed E-state index contributed by atoms with van der Waals surface area (Å²) in [7, 11) is 0. The van der Waals surface area contributed by atoms with Crippen molar-refractivity contribution in [2.24, 2.45) is 10.2 Å². The molecule has 0 spiro atoms. The molecule has 23 heavy (non-hydrogen) atoms. The quantitative estimate of drug-likeness (QED) is 0.736. The van der Waals surface area contributed by atoms with Crippen molar-refractivity contribution in [2.45, 2.75) is 13.8 Å². The number of nitrogens with zero attached hydrogens (tertiary/aromatic N) is 4. The molecule has 3 rings (SSSR count). The van der Waals surface area contributed by atoms with Crippen LogP contribution in [0.1, 0.15) is 21.6 Å². The molecule has 0 fully saturated rings. The maximum absolute atomic E-state index is 13.4. The lowest BCUT2D eigenvalue weighted by Gasteiger charge is -2.01. The number of aromatic carboxylic acids is 1. The fourth-order valence-electron chi connectivity index (χ4n) is 2.20. The Morgan fingerprint density at radius 2 is 2.00 bits per heavy atom. The van der Waals surface area contributed by atoms with Crippen molar-refractivity contribution in [3.63, 3.8) is 0 Å². The van der Waals surface area contributed by atoms with Gasteiger partial charge in [0, 0.05) is 6.20 Å². The molecule has 2 aromatic heterocycles. The molecule has 0 saturated heterocycles. The van der Waals surface area contributed by atoms with E-state index in [0.717, 1.165) is 5.56 Å². The van der Waals surface area contributed by atoms with Crippen molar-refractivity contribution in [3.05, 3.63) is 59.2 Å². The van der Waals surface area contributed by atoms with Crippen LogP contribution in [0.15, 0.2) is 46.8 Å². The summed E-state index contributed by atoms with van der Waals surface area (Å²) < 4.78 is 14.9. The maximum atomic E-state index is 13.4. The van der Waals surface area contributed by atoms with Crippen LogP contribution in [0.25, 0.3) is 5.65 Å². The Morgan fingerprint density at radius 3 is 2.74 bits per heavy atom. The van der Waals surface area contributed by atoms with E-state index in [1.54, 1.807) is 26.0 Å². The fraction of sp³-hybridized carbons (Fsp3) is 0.125. The predicted molar refractivity (Wildman–Crippen MR) is 82.2 cm³/mol. The van der Waals surface area contributed by atoms with E-state index >= 15 is 0 Å². The Bertz CT molecular complexity index is 947. The van der Waals surface area contributed by atoms with Gasteiger partial charge in [-0.2, -0.15) is 0 Å². The zero-order valence-electron chi connectivity index (χ0n) is 12.5. The second-order valence-corrected chi connectivity index (χ2v) is 5.10. The van der Waals surface area contributed by atoms with Crippen LogP contribution >= 0.6 is 0 Å². The number of carboxylic acids is 1. The summed E-state index contributed by atoms with van der Waals surface area (Å²) in [6.07, 6.45) is 1.28. The number of benzene rings is 1. The van der Waals surface area contributed by atoms with Crippen LogP contribution in [0.5, 0.6) is 0 Å². The van der Waals surface area contributed by atoms with Crippen LogP contribution < -0.4 is 0 Å². The Hall–Kier alpha value is -3.09. The van der Waals surface area contributed by atoms with Crippen molar-refractivity contribution >= 4 is 23.1 Å². The van der Waals surface area contributed by atoms with E-state index in [0.29, 0.717) is 22.8 Å². The maximum Gasteiger partial charge on any atom is 0.335 e. The summed E-state index contributed by atoms with van der Waals surface area (Å²) in [6.45, 7) is 3.56. The van der Waals surface area contributed by atoms with Gasteiger partial charge in [-0.1, -0.05) is 6.07 Å². The van der Waals surface area contributed by atoms with Gasteiger partial charge < -0.3 is 5.11 Å². The SMILES string of the molecule is Cc1ccc(C(=O)O)cc1N=Nc1c(C)nc2ccc(F)cn12. The van der Waals surface area contributed by atoms with Crippen LogP contribution in [-0.2, 0) is 0 Å². The van der Waals surface area contributed by atoms with E-state index < -0.39 is 11.8 Å². The summed E-state index contributed by atoms with van der Waals surface area (Å²) in [4.78, 5) is 15.3. The second kappa shape index (κ2) is 5.60. The molecule has 2 heterocycles. The van der Waals surface area contributed by atoms with E-state index in [9.17, 15) is 9.18 Å². The third-order valence-corrected chi connectivity index (χ3v) is 3.43. The summed E-state index contributed by atoms with van der Waals surface area (Å²) in [5.74, 6) is -1.04. The molecule has 0 saturated carbocycles. The number of hydrogen-bond donors (Lipinski definition) is 1. The van der Waals surface area contributed by atoms with Gasteiger partial charge in [-0.25, -0.2) is 14.2 Å².